The van der Waals surface area contributed by atoms with E-state index in [2.05, 4.69) is 10.6 Å². The van der Waals surface area contributed by atoms with E-state index >= 15 is 0 Å². The Morgan fingerprint density at radius 3 is 2.90 bits per heavy atom. The van der Waals surface area contributed by atoms with E-state index in [1.807, 2.05) is 0 Å². The molecule has 6 nitrogen and oxygen atoms in total. The molecule has 0 radical (unpaired) electrons. The Morgan fingerprint density at radius 2 is 2.24 bits per heavy atom. The highest BCUT2D eigenvalue weighted by atomic mass is 35.5. The van der Waals surface area contributed by atoms with Crippen molar-refractivity contribution in [3.63, 3.8) is 0 Å². The van der Waals surface area contributed by atoms with Gasteiger partial charge in [0.15, 0.2) is 0 Å². The maximum Gasteiger partial charge on any atom is 0.319 e. The average Bonchev–Trinajstić information content (AvgIpc) is 2.77. The van der Waals surface area contributed by atoms with E-state index < -0.39 is 29.3 Å². The Hall–Kier alpha value is -1.86. The lowest BCUT2D eigenvalue weighted by Gasteiger charge is -2.25. The second-order valence-electron chi connectivity index (χ2n) is 5.01. The normalized spacial score (nSPS) is 24.6. The molecule has 2 rings (SSSR count). The molecule has 1 aliphatic rings. The van der Waals surface area contributed by atoms with Crippen molar-refractivity contribution in [2.24, 2.45) is 5.41 Å². The van der Waals surface area contributed by atoms with E-state index in [0.717, 1.165) is 12.1 Å². The Labute approximate surface area is 125 Å². The lowest BCUT2D eigenvalue weighted by Crippen LogP contribution is -2.50. The molecule has 0 spiro atoms. The highest BCUT2D eigenvalue weighted by Crippen LogP contribution is 2.29. The molecule has 1 aliphatic heterocycles. The molecular formula is C13H14ClFN2O4. The first kappa shape index (κ1) is 15.5. The molecule has 114 valence electrons. The fourth-order valence-electron chi connectivity index (χ4n) is 1.99. The van der Waals surface area contributed by atoms with Gasteiger partial charge >= 0.3 is 12.0 Å². The summed E-state index contributed by atoms with van der Waals surface area (Å²) in [5.41, 5.74) is -1.10. The molecule has 0 bridgehead atoms. The largest absolute Gasteiger partial charge is 0.481 e. The van der Waals surface area contributed by atoms with Crippen LogP contribution in [0, 0.1) is 11.2 Å². The minimum atomic E-state index is -1.21. The number of nitrogens with one attached hydrogen (secondary N) is 2. The third-order valence-corrected chi connectivity index (χ3v) is 3.76. The average molecular weight is 317 g/mol. The molecule has 2 amide bonds. The Balaban J connectivity index is 2.05. The van der Waals surface area contributed by atoms with Gasteiger partial charge in [0.25, 0.3) is 0 Å². The van der Waals surface area contributed by atoms with E-state index in [-0.39, 0.29) is 23.9 Å². The van der Waals surface area contributed by atoms with Crippen molar-refractivity contribution in [1.29, 1.82) is 0 Å². The number of carbonyl (C=O) groups excluding carboxylic acids is 1. The van der Waals surface area contributed by atoms with Gasteiger partial charge < -0.3 is 20.5 Å². The Bertz CT molecular complexity index is 583. The SMILES string of the molecule is CC1(C(=O)O)COCC1NC(=O)Nc1cc(F)ccc1Cl. The molecule has 2 atom stereocenters. The van der Waals surface area contributed by atoms with Gasteiger partial charge in [-0.2, -0.15) is 0 Å². The molecule has 2 unspecified atom stereocenters. The maximum absolute atomic E-state index is 13.1. The number of aliphatic carboxylic acids is 1. The second kappa shape index (κ2) is 5.87. The molecule has 0 aliphatic carbocycles. The zero-order chi connectivity index (χ0) is 15.6. The van der Waals surface area contributed by atoms with Crippen molar-refractivity contribution in [2.75, 3.05) is 18.5 Å². The van der Waals surface area contributed by atoms with Crippen molar-refractivity contribution in [1.82, 2.24) is 5.32 Å². The topological polar surface area (TPSA) is 87.7 Å². The van der Waals surface area contributed by atoms with Crippen LogP contribution >= 0.6 is 11.6 Å². The number of halogens is 2. The fraction of sp³-hybridized carbons (Fsp3) is 0.385. The van der Waals surface area contributed by atoms with Gasteiger partial charge in [0.1, 0.15) is 11.2 Å². The van der Waals surface area contributed by atoms with Crippen LogP contribution < -0.4 is 10.6 Å². The van der Waals surface area contributed by atoms with Crippen LogP contribution in [0.5, 0.6) is 0 Å². The molecule has 8 heteroatoms. The van der Waals surface area contributed by atoms with E-state index in [9.17, 15) is 19.1 Å². The molecule has 1 saturated heterocycles. The number of carboxylic acid groups (broad SMARTS) is 1. The summed E-state index contributed by atoms with van der Waals surface area (Å²) in [4.78, 5) is 23.1. The Morgan fingerprint density at radius 1 is 1.52 bits per heavy atom. The van der Waals surface area contributed by atoms with Crippen molar-refractivity contribution >= 4 is 29.3 Å². The van der Waals surface area contributed by atoms with Crippen LogP contribution in [0.1, 0.15) is 6.92 Å². The van der Waals surface area contributed by atoms with Crippen LogP contribution in [-0.2, 0) is 9.53 Å². The zero-order valence-electron chi connectivity index (χ0n) is 11.2. The highest BCUT2D eigenvalue weighted by Gasteiger charge is 2.47. The van der Waals surface area contributed by atoms with Crippen molar-refractivity contribution < 1.29 is 23.8 Å². The summed E-state index contributed by atoms with van der Waals surface area (Å²) in [6.45, 7) is 1.59. The van der Waals surface area contributed by atoms with Crippen molar-refractivity contribution in [2.45, 2.75) is 13.0 Å². The van der Waals surface area contributed by atoms with Crippen LogP contribution in [0.15, 0.2) is 18.2 Å². The van der Waals surface area contributed by atoms with E-state index in [1.165, 1.54) is 13.0 Å². The molecule has 1 fully saturated rings. The number of anilines is 1. The number of hydrogen-bond acceptors (Lipinski definition) is 3. The predicted octanol–water partition coefficient (Wildman–Crippen LogP) is 2.09. The standard InChI is InChI=1S/C13H14ClFN2O4/c1-13(11(18)19)6-21-5-10(13)17-12(20)16-9-4-7(15)2-3-8(9)14/h2-4,10H,5-6H2,1H3,(H,18,19)(H2,16,17,20). The monoisotopic (exact) mass is 316 g/mol. The third kappa shape index (κ3) is 3.25. The first-order valence-corrected chi connectivity index (χ1v) is 6.54. The molecule has 21 heavy (non-hydrogen) atoms. The van der Waals surface area contributed by atoms with Gasteiger partial charge in [-0.25, -0.2) is 9.18 Å². The number of benzene rings is 1. The number of amides is 2. The Kier molecular flexibility index (Phi) is 4.34. The highest BCUT2D eigenvalue weighted by molar-refractivity contribution is 6.33. The summed E-state index contributed by atoms with van der Waals surface area (Å²) in [6.07, 6.45) is 0. The summed E-state index contributed by atoms with van der Waals surface area (Å²) in [5.74, 6) is -1.61. The molecule has 0 aromatic heterocycles. The van der Waals surface area contributed by atoms with Crippen LogP contribution in [0.25, 0.3) is 0 Å². The van der Waals surface area contributed by atoms with E-state index in [4.69, 9.17) is 16.3 Å². The summed E-state index contributed by atoms with van der Waals surface area (Å²) in [5, 5.41) is 14.3. The maximum atomic E-state index is 13.1. The number of carboxylic acids is 1. The number of carbonyl (C=O) groups is 2. The predicted molar refractivity (Wildman–Crippen MR) is 73.9 cm³/mol. The van der Waals surface area contributed by atoms with Gasteiger partial charge in [-0.15, -0.1) is 0 Å². The number of urea groups is 1. The zero-order valence-corrected chi connectivity index (χ0v) is 11.9. The minimum absolute atomic E-state index is 0.00794. The smallest absolute Gasteiger partial charge is 0.319 e. The summed E-state index contributed by atoms with van der Waals surface area (Å²) < 4.78 is 18.2. The molecular weight excluding hydrogens is 303 g/mol. The third-order valence-electron chi connectivity index (χ3n) is 3.43. The van der Waals surface area contributed by atoms with Gasteiger partial charge in [-0.05, 0) is 25.1 Å². The van der Waals surface area contributed by atoms with Gasteiger partial charge in [0.2, 0.25) is 0 Å². The van der Waals surface area contributed by atoms with E-state index in [0.29, 0.717) is 0 Å². The van der Waals surface area contributed by atoms with Gasteiger partial charge in [0, 0.05) is 0 Å². The molecule has 1 heterocycles. The number of hydrogen-bond donors (Lipinski definition) is 3. The lowest BCUT2D eigenvalue weighted by molar-refractivity contribution is -0.148. The second-order valence-corrected chi connectivity index (χ2v) is 5.42. The van der Waals surface area contributed by atoms with Crippen molar-refractivity contribution in [3.05, 3.63) is 29.0 Å². The van der Waals surface area contributed by atoms with Crippen LogP contribution in [0.2, 0.25) is 5.02 Å². The van der Waals surface area contributed by atoms with Crippen LogP contribution in [-0.4, -0.2) is 36.4 Å². The molecule has 3 N–H and O–H groups in total. The fourth-order valence-corrected chi connectivity index (χ4v) is 2.16. The molecule has 1 aromatic carbocycles. The lowest BCUT2D eigenvalue weighted by atomic mass is 9.85. The molecule has 0 saturated carbocycles. The van der Waals surface area contributed by atoms with E-state index in [1.54, 1.807) is 0 Å². The molecule has 1 aromatic rings. The van der Waals surface area contributed by atoms with Crippen LogP contribution in [0.4, 0.5) is 14.9 Å². The first-order chi connectivity index (χ1) is 9.83. The van der Waals surface area contributed by atoms with Gasteiger partial charge in [0.05, 0.1) is 30.0 Å². The quantitative estimate of drug-likeness (QED) is 0.797. The first-order valence-electron chi connectivity index (χ1n) is 6.16. The summed E-state index contributed by atoms with van der Waals surface area (Å²) >= 11 is 5.84. The minimum Gasteiger partial charge on any atom is -0.481 e. The summed E-state index contributed by atoms with van der Waals surface area (Å²) in [7, 11) is 0. The van der Waals surface area contributed by atoms with Gasteiger partial charge in [-0.3, -0.25) is 4.79 Å². The summed E-state index contributed by atoms with van der Waals surface area (Å²) in [6, 6.07) is 2.18. The van der Waals surface area contributed by atoms with Gasteiger partial charge in [-0.1, -0.05) is 11.6 Å². The van der Waals surface area contributed by atoms with Crippen LogP contribution in [0.3, 0.4) is 0 Å². The number of rotatable bonds is 3. The van der Waals surface area contributed by atoms with Crippen molar-refractivity contribution in [3.8, 4) is 0 Å². The number of ether oxygens (including phenoxy) is 1.